The molecule has 4 aromatic rings. The molecule has 186 valence electrons. The SMILES string of the molecule is COc1cc(/C=N\NC(=O)CN2C(=O)c3cccc4cccc2c34)ccc1OCc1ccc(Cl)cc1Cl. The largest absolute Gasteiger partial charge is 0.493 e. The lowest BCUT2D eigenvalue weighted by atomic mass is 10.1. The smallest absolute Gasteiger partial charge is 0.260 e. The van der Waals surface area contributed by atoms with Crippen LogP contribution in [-0.4, -0.2) is 31.7 Å². The second kappa shape index (κ2) is 10.5. The number of nitrogens with zero attached hydrogens (tertiary/aromatic N) is 2. The summed E-state index contributed by atoms with van der Waals surface area (Å²) in [4.78, 5) is 26.9. The van der Waals surface area contributed by atoms with Crippen molar-refractivity contribution >= 4 is 57.7 Å². The number of hydrogen-bond donors (Lipinski definition) is 1. The number of ether oxygens (including phenoxy) is 2. The third-order valence-corrected chi connectivity index (χ3v) is 6.53. The van der Waals surface area contributed by atoms with E-state index < -0.39 is 5.91 Å². The van der Waals surface area contributed by atoms with Crippen LogP contribution in [0.3, 0.4) is 0 Å². The molecule has 37 heavy (non-hydrogen) atoms. The van der Waals surface area contributed by atoms with E-state index in [0.29, 0.717) is 32.7 Å². The zero-order valence-electron chi connectivity index (χ0n) is 19.7. The highest BCUT2D eigenvalue weighted by Crippen LogP contribution is 2.37. The Hall–Kier alpha value is -4.07. The topological polar surface area (TPSA) is 80.2 Å². The van der Waals surface area contributed by atoms with E-state index in [1.54, 1.807) is 42.5 Å². The number of methoxy groups -OCH3 is 1. The molecular weight excluding hydrogens is 513 g/mol. The fraction of sp³-hybridized carbons (Fsp3) is 0.107. The molecule has 0 bridgehead atoms. The fourth-order valence-corrected chi connectivity index (χ4v) is 4.63. The van der Waals surface area contributed by atoms with Gasteiger partial charge in [-0.25, -0.2) is 5.43 Å². The van der Waals surface area contributed by atoms with E-state index in [2.05, 4.69) is 10.5 Å². The average Bonchev–Trinajstić information content (AvgIpc) is 3.16. The summed E-state index contributed by atoms with van der Waals surface area (Å²) in [5, 5.41) is 6.92. The molecule has 1 heterocycles. The summed E-state index contributed by atoms with van der Waals surface area (Å²) in [5.41, 5.74) is 5.27. The van der Waals surface area contributed by atoms with Crippen molar-refractivity contribution in [1.29, 1.82) is 0 Å². The Kier molecular flexibility index (Phi) is 6.99. The number of carbonyl (C=O) groups is 2. The number of halogens is 2. The summed E-state index contributed by atoms with van der Waals surface area (Å²) >= 11 is 12.2. The first-order valence-electron chi connectivity index (χ1n) is 11.3. The summed E-state index contributed by atoms with van der Waals surface area (Å²) in [5.74, 6) is 0.400. The summed E-state index contributed by atoms with van der Waals surface area (Å²) in [6.45, 7) is 0.0932. The number of nitrogens with one attached hydrogen (secondary N) is 1. The molecule has 1 aliphatic heterocycles. The highest BCUT2D eigenvalue weighted by atomic mass is 35.5. The van der Waals surface area contributed by atoms with Crippen LogP contribution < -0.4 is 19.8 Å². The molecule has 0 unspecified atom stereocenters. The third kappa shape index (κ3) is 5.09. The summed E-state index contributed by atoms with van der Waals surface area (Å²) < 4.78 is 11.3. The maximum Gasteiger partial charge on any atom is 0.260 e. The first-order valence-corrected chi connectivity index (χ1v) is 12.1. The number of amides is 2. The molecule has 0 saturated carbocycles. The minimum atomic E-state index is -0.416. The van der Waals surface area contributed by atoms with Gasteiger partial charge in [-0.15, -0.1) is 0 Å². The van der Waals surface area contributed by atoms with Crippen molar-refractivity contribution in [2.24, 2.45) is 5.10 Å². The lowest BCUT2D eigenvalue weighted by Gasteiger charge is -2.16. The molecular formula is C28H21Cl2N3O4. The first kappa shape index (κ1) is 24.6. The van der Waals surface area contributed by atoms with E-state index in [9.17, 15) is 9.59 Å². The molecule has 0 radical (unpaired) electrons. The van der Waals surface area contributed by atoms with E-state index >= 15 is 0 Å². The van der Waals surface area contributed by atoms with Crippen molar-refractivity contribution in [3.8, 4) is 11.5 Å². The summed E-state index contributed by atoms with van der Waals surface area (Å²) in [6, 6.07) is 21.7. The fourth-order valence-electron chi connectivity index (χ4n) is 4.17. The lowest BCUT2D eigenvalue weighted by Crippen LogP contribution is -2.37. The van der Waals surface area contributed by atoms with Gasteiger partial charge in [-0.05, 0) is 53.4 Å². The van der Waals surface area contributed by atoms with Crippen LogP contribution in [0, 0.1) is 0 Å². The van der Waals surface area contributed by atoms with Crippen molar-refractivity contribution < 1.29 is 19.1 Å². The minimum absolute atomic E-state index is 0.146. The number of hydrazone groups is 1. The summed E-state index contributed by atoms with van der Waals surface area (Å²) in [7, 11) is 1.53. The standard InChI is InChI=1S/C28H21Cl2N3O4/c1-36-25-12-17(8-11-24(25)37-16-19-9-10-20(29)13-22(19)30)14-31-32-26(34)15-33-23-7-3-5-18-4-2-6-21(27(18)23)28(33)35/h2-14H,15-16H2,1H3,(H,32,34)/b31-14-. The van der Waals surface area contributed by atoms with Crippen LogP contribution >= 0.6 is 23.2 Å². The van der Waals surface area contributed by atoms with Crippen molar-refractivity contribution in [1.82, 2.24) is 5.43 Å². The van der Waals surface area contributed by atoms with Gasteiger partial charge in [0, 0.05) is 26.6 Å². The van der Waals surface area contributed by atoms with Crippen molar-refractivity contribution in [3.05, 3.63) is 99.5 Å². The van der Waals surface area contributed by atoms with Crippen LogP contribution in [0.4, 0.5) is 5.69 Å². The molecule has 2 amide bonds. The number of hydrogen-bond acceptors (Lipinski definition) is 5. The number of carbonyl (C=O) groups excluding carboxylic acids is 2. The summed E-state index contributed by atoms with van der Waals surface area (Å²) in [6.07, 6.45) is 1.49. The van der Waals surface area contributed by atoms with Crippen LogP contribution in [0.2, 0.25) is 10.0 Å². The molecule has 5 rings (SSSR count). The van der Waals surface area contributed by atoms with Crippen molar-refractivity contribution in [2.75, 3.05) is 18.6 Å². The number of benzene rings is 4. The van der Waals surface area contributed by atoms with Gasteiger partial charge in [0.25, 0.3) is 11.8 Å². The van der Waals surface area contributed by atoms with Gasteiger partial charge >= 0.3 is 0 Å². The number of rotatable bonds is 8. The van der Waals surface area contributed by atoms with E-state index in [4.69, 9.17) is 32.7 Å². The zero-order valence-corrected chi connectivity index (χ0v) is 21.2. The van der Waals surface area contributed by atoms with Gasteiger partial charge in [0.15, 0.2) is 11.5 Å². The molecule has 4 aromatic carbocycles. The van der Waals surface area contributed by atoms with Crippen LogP contribution in [0.5, 0.6) is 11.5 Å². The quantitative estimate of drug-likeness (QED) is 0.227. The Balaban J connectivity index is 1.21. The van der Waals surface area contributed by atoms with Gasteiger partial charge in [0.05, 0.1) is 19.0 Å². The minimum Gasteiger partial charge on any atom is -0.493 e. The van der Waals surface area contributed by atoms with E-state index in [-0.39, 0.29) is 19.1 Å². The van der Waals surface area contributed by atoms with Gasteiger partial charge in [0.2, 0.25) is 0 Å². The molecule has 0 aromatic heterocycles. The van der Waals surface area contributed by atoms with Crippen LogP contribution in [0.15, 0.2) is 77.9 Å². The second-order valence-corrected chi connectivity index (χ2v) is 9.14. The van der Waals surface area contributed by atoms with Crippen molar-refractivity contribution in [3.63, 3.8) is 0 Å². The normalized spacial score (nSPS) is 12.4. The molecule has 0 fully saturated rings. The van der Waals surface area contributed by atoms with E-state index in [1.807, 2.05) is 30.3 Å². The predicted octanol–water partition coefficient (Wildman–Crippen LogP) is 5.84. The van der Waals surface area contributed by atoms with Gasteiger partial charge in [0.1, 0.15) is 13.2 Å². The molecule has 0 spiro atoms. The molecule has 0 atom stereocenters. The van der Waals surface area contributed by atoms with E-state index in [0.717, 1.165) is 22.0 Å². The van der Waals surface area contributed by atoms with Crippen LogP contribution in [0.25, 0.3) is 10.8 Å². The average molecular weight is 534 g/mol. The molecule has 7 nitrogen and oxygen atoms in total. The van der Waals surface area contributed by atoms with Crippen LogP contribution in [0.1, 0.15) is 21.5 Å². The first-order chi connectivity index (χ1) is 17.9. The molecule has 9 heteroatoms. The molecule has 0 saturated heterocycles. The molecule has 1 aliphatic rings. The lowest BCUT2D eigenvalue weighted by molar-refractivity contribution is -0.119. The van der Waals surface area contributed by atoms with Gasteiger partial charge in [-0.1, -0.05) is 53.5 Å². The highest BCUT2D eigenvalue weighted by molar-refractivity contribution is 6.35. The maximum absolute atomic E-state index is 12.9. The number of anilines is 1. The van der Waals surface area contributed by atoms with Gasteiger partial charge < -0.3 is 9.47 Å². The Labute approximate surface area is 223 Å². The van der Waals surface area contributed by atoms with Gasteiger partial charge in [-0.2, -0.15) is 5.10 Å². The Morgan fingerprint density at radius 1 is 1.03 bits per heavy atom. The second-order valence-electron chi connectivity index (χ2n) is 8.30. The van der Waals surface area contributed by atoms with Crippen LogP contribution in [-0.2, 0) is 11.4 Å². The Morgan fingerprint density at radius 3 is 2.62 bits per heavy atom. The highest BCUT2D eigenvalue weighted by Gasteiger charge is 2.30. The Bertz CT molecular complexity index is 1550. The molecule has 1 N–H and O–H groups in total. The maximum atomic E-state index is 12.9. The van der Waals surface area contributed by atoms with Gasteiger partial charge in [-0.3, -0.25) is 14.5 Å². The zero-order chi connectivity index (χ0) is 25.9. The molecule has 0 aliphatic carbocycles. The monoisotopic (exact) mass is 533 g/mol. The Morgan fingerprint density at radius 2 is 1.84 bits per heavy atom. The van der Waals surface area contributed by atoms with E-state index in [1.165, 1.54) is 18.2 Å². The third-order valence-electron chi connectivity index (χ3n) is 5.94. The van der Waals surface area contributed by atoms with Crippen molar-refractivity contribution in [2.45, 2.75) is 6.61 Å². The predicted molar refractivity (Wildman–Crippen MR) is 145 cm³/mol.